The van der Waals surface area contributed by atoms with Crippen molar-refractivity contribution in [2.75, 3.05) is 13.1 Å². The second-order valence-electron chi connectivity index (χ2n) is 5.12. The van der Waals surface area contributed by atoms with Crippen LogP contribution in [-0.2, 0) is 4.79 Å². The number of fused-ring (bicyclic) bond motifs is 1. The molecule has 6 heteroatoms. The highest BCUT2D eigenvalue weighted by molar-refractivity contribution is 6.04. The summed E-state index contributed by atoms with van der Waals surface area (Å²) in [5.41, 5.74) is 0.0974. The van der Waals surface area contributed by atoms with E-state index < -0.39 is 18.0 Å². The minimum absolute atomic E-state index is 0.0974. The summed E-state index contributed by atoms with van der Waals surface area (Å²) in [7, 11) is 0. The Morgan fingerprint density at radius 3 is 2.80 bits per heavy atom. The molecule has 3 amide bonds. The number of β-amino-alcohol motifs (C(OH)–C–C–N with tert-alkyl or cyclic N) is 1. The molecule has 3 rings (SSSR count). The first-order chi connectivity index (χ1) is 9.59. The Morgan fingerprint density at radius 2 is 2.10 bits per heavy atom. The van der Waals surface area contributed by atoms with Crippen molar-refractivity contribution in [3.8, 4) is 0 Å². The maximum atomic E-state index is 13.6. The fourth-order valence-corrected chi connectivity index (χ4v) is 2.87. The summed E-state index contributed by atoms with van der Waals surface area (Å²) in [5, 5.41) is 10.1. The SMILES string of the molecule is O=C1C2CCCN2C(=O)N1CC(O)c1ccccc1F. The molecular weight excluding hydrogens is 263 g/mol. The van der Waals surface area contributed by atoms with Gasteiger partial charge in [0.2, 0.25) is 0 Å². The highest BCUT2D eigenvalue weighted by Crippen LogP contribution is 2.29. The molecule has 2 unspecified atom stereocenters. The molecule has 2 aliphatic heterocycles. The first kappa shape index (κ1) is 13.1. The van der Waals surface area contributed by atoms with Crippen molar-refractivity contribution < 1.29 is 19.1 Å². The number of urea groups is 1. The predicted octanol–water partition coefficient (Wildman–Crippen LogP) is 1.29. The summed E-state index contributed by atoms with van der Waals surface area (Å²) in [6.45, 7) is 0.368. The van der Waals surface area contributed by atoms with Crippen molar-refractivity contribution in [3.63, 3.8) is 0 Å². The Kier molecular flexibility index (Phi) is 3.17. The van der Waals surface area contributed by atoms with E-state index in [1.807, 2.05) is 0 Å². The van der Waals surface area contributed by atoms with Gasteiger partial charge in [0.1, 0.15) is 11.9 Å². The molecule has 0 aromatic heterocycles. The van der Waals surface area contributed by atoms with Crippen LogP contribution in [0.3, 0.4) is 0 Å². The summed E-state index contributed by atoms with van der Waals surface area (Å²) in [6.07, 6.45) is 0.284. The van der Waals surface area contributed by atoms with Crippen LogP contribution in [0, 0.1) is 5.82 Å². The molecule has 2 aliphatic rings. The lowest BCUT2D eigenvalue weighted by molar-refractivity contribution is -0.129. The molecule has 0 radical (unpaired) electrons. The third-order valence-corrected chi connectivity index (χ3v) is 3.90. The molecule has 1 N–H and O–H groups in total. The van der Waals surface area contributed by atoms with Crippen molar-refractivity contribution >= 4 is 11.9 Å². The van der Waals surface area contributed by atoms with E-state index >= 15 is 0 Å². The molecule has 0 bridgehead atoms. The van der Waals surface area contributed by atoms with Gasteiger partial charge in [0, 0.05) is 12.1 Å². The zero-order valence-corrected chi connectivity index (χ0v) is 10.8. The Labute approximate surface area is 115 Å². The number of aliphatic hydroxyl groups excluding tert-OH is 1. The van der Waals surface area contributed by atoms with Crippen LogP contribution in [0.4, 0.5) is 9.18 Å². The highest BCUT2D eigenvalue weighted by atomic mass is 19.1. The number of aliphatic hydroxyl groups is 1. The van der Waals surface area contributed by atoms with Gasteiger partial charge in [0.25, 0.3) is 5.91 Å². The van der Waals surface area contributed by atoms with Gasteiger partial charge in [0.05, 0.1) is 12.6 Å². The van der Waals surface area contributed by atoms with Gasteiger partial charge in [-0.25, -0.2) is 9.18 Å². The number of carbonyl (C=O) groups excluding carboxylic acids is 2. The summed E-state index contributed by atoms with van der Waals surface area (Å²) in [6, 6.07) is 5.04. The van der Waals surface area contributed by atoms with Crippen LogP contribution in [-0.4, -0.2) is 46.0 Å². The van der Waals surface area contributed by atoms with Crippen LogP contribution in [0.25, 0.3) is 0 Å². The van der Waals surface area contributed by atoms with E-state index in [-0.39, 0.29) is 24.0 Å². The van der Waals surface area contributed by atoms with Crippen LogP contribution < -0.4 is 0 Å². The lowest BCUT2D eigenvalue weighted by Gasteiger charge is -2.19. The smallest absolute Gasteiger partial charge is 0.327 e. The normalized spacial score (nSPS) is 23.4. The van der Waals surface area contributed by atoms with Crippen LogP contribution in [0.15, 0.2) is 24.3 Å². The Bertz CT molecular complexity index is 541. The van der Waals surface area contributed by atoms with Crippen molar-refractivity contribution in [2.45, 2.75) is 25.0 Å². The molecule has 2 heterocycles. The molecule has 1 aromatic rings. The second kappa shape index (κ2) is 4.86. The van der Waals surface area contributed by atoms with Crippen LogP contribution in [0.5, 0.6) is 0 Å². The Hall–Kier alpha value is -1.95. The van der Waals surface area contributed by atoms with Gasteiger partial charge in [-0.1, -0.05) is 18.2 Å². The number of halogens is 1. The van der Waals surface area contributed by atoms with E-state index in [9.17, 15) is 19.1 Å². The number of hydrogen-bond donors (Lipinski definition) is 1. The van der Waals surface area contributed by atoms with Crippen molar-refractivity contribution in [1.82, 2.24) is 9.80 Å². The van der Waals surface area contributed by atoms with Gasteiger partial charge in [-0.3, -0.25) is 9.69 Å². The standard InChI is InChI=1S/C14H15FN2O3/c15-10-5-2-1-4-9(10)12(18)8-17-13(19)11-6-3-7-16(11)14(17)20/h1-2,4-5,11-12,18H,3,6-8H2. The monoisotopic (exact) mass is 278 g/mol. The molecule has 0 aliphatic carbocycles. The molecule has 0 saturated carbocycles. The fraction of sp³-hybridized carbons (Fsp3) is 0.429. The maximum Gasteiger partial charge on any atom is 0.327 e. The molecule has 5 nitrogen and oxygen atoms in total. The van der Waals surface area contributed by atoms with E-state index in [1.165, 1.54) is 23.1 Å². The molecule has 20 heavy (non-hydrogen) atoms. The molecule has 2 saturated heterocycles. The number of imide groups is 1. The Morgan fingerprint density at radius 1 is 1.35 bits per heavy atom. The third kappa shape index (κ3) is 1.96. The maximum absolute atomic E-state index is 13.6. The zero-order valence-electron chi connectivity index (χ0n) is 10.8. The van der Waals surface area contributed by atoms with Crippen molar-refractivity contribution in [1.29, 1.82) is 0 Å². The topological polar surface area (TPSA) is 60.9 Å². The van der Waals surface area contributed by atoms with E-state index in [0.29, 0.717) is 13.0 Å². The minimum Gasteiger partial charge on any atom is -0.386 e. The molecule has 2 fully saturated rings. The summed E-state index contributed by atoms with van der Waals surface area (Å²) < 4.78 is 13.6. The molecule has 2 atom stereocenters. The van der Waals surface area contributed by atoms with E-state index in [4.69, 9.17) is 0 Å². The summed E-state index contributed by atoms with van der Waals surface area (Å²) in [5.74, 6) is -0.831. The van der Waals surface area contributed by atoms with Crippen LogP contribution in [0.1, 0.15) is 24.5 Å². The van der Waals surface area contributed by atoms with Gasteiger partial charge < -0.3 is 10.0 Å². The first-order valence-corrected chi connectivity index (χ1v) is 6.64. The average Bonchev–Trinajstić information content (AvgIpc) is 2.99. The van der Waals surface area contributed by atoms with Gasteiger partial charge in [-0.05, 0) is 18.9 Å². The highest BCUT2D eigenvalue weighted by Gasteiger charge is 2.47. The van der Waals surface area contributed by atoms with E-state index in [2.05, 4.69) is 0 Å². The fourth-order valence-electron chi connectivity index (χ4n) is 2.87. The van der Waals surface area contributed by atoms with Crippen molar-refractivity contribution in [2.24, 2.45) is 0 Å². The third-order valence-electron chi connectivity index (χ3n) is 3.90. The number of benzene rings is 1. The van der Waals surface area contributed by atoms with Gasteiger partial charge in [-0.15, -0.1) is 0 Å². The minimum atomic E-state index is -1.20. The molecule has 0 spiro atoms. The van der Waals surface area contributed by atoms with Crippen LogP contribution in [0.2, 0.25) is 0 Å². The number of amides is 3. The molecule has 106 valence electrons. The summed E-state index contributed by atoms with van der Waals surface area (Å²) >= 11 is 0. The number of rotatable bonds is 3. The molecule has 1 aromatic carbocycles. The van der Waals surface area contributed by atoms with Crippen LogP contribution >= 0.6 is 0 Å². The lowest BCUT2D eigenvalue weighted by Crippen LogP contribution is -2.36. The number of hydrogen-bond acceptors (Lipinski definition) is 3. The predicted molar refractivity (Wildman–Crippen MR) is 68.2 cm³/mol. The van der Waals surface area contributed by atoms with Crippen molar-refractivity contribution in [3.05, 3.63) is 35.6 Å². The largest absolute Gasteiger partial charge is 0.386 e. The second-order valence-corrected chi connectivity index (χ2v) is 5.12. The van der Waals surface area contributed by atoms with E-state index in [0.717, 1.165) is 11.3 Å². The quantitative estimate of drug-likeness (QED) is 0.847. The van der Waals surface area contributed by atoms with Gasteiger partial charge in [0.15, 0.2) is 0 Å². The number of carbonyl (C=O) groups is 2. The average molecular weight is 278 g/mol. The molecular formula is C14H15FN2O3. The van der Waals surface area contributed by atoms with E-state index in [1.54, 1.807) is 6.07 Å². The number of nitrogens with zero attached hydrogens (tertiary/aromatic N) is 2. The van der Waals surface area contributed by atoms with Gasteiger partial charge in [-0.2, -0.15) is 0 Å². The lowest BCUT2D eigenvalue weighted by atomic mass is 10.1. The Balaban J connectivity index is 1.77. The first-order valence-electron chi connectivity index (χ1n) is 6.64. The zero-order chi connectivity index (χ0) is 14.3. The summed E-state index contributed by atoms with van der Waals surface area (Å²) in [4.78, 5) is 26.7. The van der Waals surface area contributed by atoms with Gasteiger partial charge >= 0.3 is 6.03 Å².